The van der Waals surface area contributed by atoms with Crippen LogP contribution in [0.5, 0.6) is 0 Å². The molecule has 1 fully saturated rings. The van der Waals surface area contributed by atoms with Crippen LogP contribution in [0.4, 0.5) is 4.39 Å². The highest BCUT2D eigenvalue weighted by molar-refractivity contribution is 6.31. The Labute approximate surface area is 146 Å². The van der Waals surface area contributed by atoms with Crippen molar-refractivity contribution >= 4 is 17.5 Å². The molecule has 0 unspecified atom stereocenters. The lowest BCUT2D eigenvalue weighted by Gasteiger charge is -2.36. The molecule has 4 nitrogen and oxygen atoms in total. The Bertz CT molecular complexity index is 690. The van der Waals surface area contributed by atoms with E-state index < -0.39 is 0 Å². The molecule has 0 N–H and O–H groups in total. The van der Waals surface area contributed by atoms with Gasteiger partial charge in [0, 0.05) is 36.5 Å². The summed E-state index contributed by atoms with van der Waals surface area (Å²) in [5, 5.41) is 4.53. The minimum Gasteiger partial charge on any atom is -0.339 e. The van der Waals surface area contributed by atoms with E-state index in [1.165, 1.54) is 12.1 Å². The summed E-state index contributed by atoms with van der Waals surface area (Å²) < 4.78 is 15.0. The number of likely N-dealkylation sites (tertiary alicyclic amines) is 1. The van der Waals surface area contributed by atoms with E-state index in [-0.39, 0.29) is 24.2 Å². The van der Waals surface area contributed by atoms with E-state index in [1.807, 2.05) is 21.8 Å². The summed E-state index contributed by atoms with van der Waals surface area (Å²) in [7, 11) is 0. The molecule has 1 aliphatic rings. The molecule has 0 radical (unpaired) electrons. The highest BCUT2D eigenvalue weighted by Gasteiger charge is 2.26. The van der Waals surface area contributed by atoms with Crippen LogP contribution in [-0.4, -0.2) is 33.2 Å². The first-order valence-electron chi connectivity index (χ1n) is 8.34. The van der Waals surface area contributed by atoms with E-state index in [0.717, 1.165) is 38.8 Å². The standard InChI is InChI=1S/C18H21ClFN3O/c19-17-13-15(20)6-5-14(17)12-18(24)23-10-2-1-4-16(23)7-11-22-9-3-8-21-22/h3,5-6,8-9,13,16H,1-2,4,7,10-12H2/t16-/m0/s1. The minimum atomic E-state index is -0.383. The van der Waals surface area contributed by atoms with E-state index in [2.05, 4.69) is 5.10 Å². The van der Waals surface area contributed by atoms with Crippen LogP contribution in [0.3, 0.4) is 0 Å². The van der Waals surface area contributed by atoms with Crippen molar-refractivity contribution in [2.24, 2.45) is 0 Å². The zero-order valence-electron chi connectivity index (χ0n) is 13.5. The molecule has 128 valence electrons. The topological polar surface area (TPSA) is 38.1 Å². The summed E-state index contributed by atoms with van der Waals surface area (Å²) in [6, 6.07) is 6.34. The van der Waals surface area contributed by atoms with Crippen LogP contribution in [0, 0.1) is 5.82 Å². The lowest BCUT2D eigenvalue weighted by atomic mass is 9.98. The fourth-order valence-electron chi connectivity index (χ4n) is 3.27. The van der Waals surface area contributed by atoms with Crippen LogP contribution in [0.15, 0.2) is 36.7 Å². The van der Waals surface area contributed by atoms with Gasteiger partial charge in [-0.25, -0.2) is 4.39 Å². The number of halogens is 2. The van der Waals surface area contributed by atoms with Crippen molar-refractivity contribution in [2.75, 3.05) is 6.54 Å². The first-order chi connectivity index (χ1) is 11.6. The number of carbonyl (C=O) groups excluding carboxylic acids is 1. The van der Waals surface area contributed by atoms with Gasteiger partial charge >= 0.3 is 0 Å². The highest BCUT2D eigenvalue weighted by Crippen LogP contribution is 2.23. The average Bonchev–Trinajstić information content (AvgIpc) is 3.09. The van der Waals surface area contributed by atoms with Crippen LogP contribution in [-0.2, 0) is 17.8 Å². The van der Waals surface area contributed by atoms with Crippen molar-refractivity contribution in [3.05, 3.63) is 53.1 Å². The molecule has 1 amide bonds. The Hall–Kier alpha value is -1.88. The zero-order valence-corrected chi connectivity index (χ0v) is 14.3. The third kappa shape index (κ3) is 4.15. The number of nitrogens with zero attached hydrogens (tertiary/aromatic N) is 3. The van der Waals surface area contributed by atoms with Gasteiger partial charge in [0.15, 0.2) is 0 Å². The number of rotatable bonds is 5. The van der Waals surface area contributed by atoms with Crippen LogP contribution in [0.25, 0.3) is 0 Å². The molecular weight excluding hydrogens is 329 g/mol. The maximum atomic E-state index is 13.1. The van der Waals surface area contributed by atoms with Gasteiger partial charge < -0.3 is 4.90 Å². The lowest BCUT2D eigenvalue weighted by molar-refractivity contribution is -0.134. The predicted molar refractivity (Wildman–Crippen MR) is 91.3 cm³/mol. The number of hydrogen-bond donors (Lipinski definition) is 0. The van der Waals surface area contributed by atoms with Crippen LogP contribution >= 0.6 is 11.6 Å². The number of carbonyl (C=O) groups is 1. The second-order valence-electron chi connectivity index (χ2n) is 6.21. The predicted octanol–water partition coefficient (Wildman–Crippen LogP) is 3.69. The first kappa shape index (κ1) is 17.0. The Morgan fingerprint density at radius 3 is 3.00 bits per heavy atom. The Morgan fingerprint density at radius 2 is 2.25 bits per heavy atom. The molecule has 0 bridgehead atoms. The summed E-state index contributed by atoms with van der Waals surface area (Å²) in [6.07, 6.45) is 8.01. The van der Waals surface area contributed by atoms with E-state index in [0.29, 0.717) is 10.6 Å². The number of amides is 1. The molecule has 0 spiro atoms. The summed E-state index contributed by atoms with van der Waals surface area (Å²) in [5.74, 6) is -0.319. The largest absolute Gasteiger partial charge is 0.339 e. The number of aromatic nitrogens is 2. The molecule has 0 saturated carbocycles. The highest BCUT2D eigenvalue weighted by atomic mass is 35.5. The summed E-state index contributed by atoms with van der Waals surface area (Å²) >= 11 is 6.06. The van der Waals surface area contributed by atoms with Gasteiger partial charge in [-0.05, 0) is 49.4 Å². The summed E-state index contributed by atoms with van der Waals surface area (Å²) in [5.41, 5.74) is 0.680. The van der Waals surface area contributed by atoms with Crippen molar-refractivity contribution in [1.82, 2.24) is 14.7 Å². The Morgan fingerprint density at radius 1 is 1.38 bits per heavy atom. The van der Waals surface area contributed by atoms with Crippen molar-refractivity contribution in [3.63, 3.8) is 0 Å². The van der Waals surface area contributed by atoms with Crippen LogP contribution in [0.2, 0.25) is 5.02 Å². The molecule has 1 aliphatic heterocycles. The second kappa shape index (κ2) is 7.79. The number of benzene rings is 1. The lowest BCUT2D eigenvalue weighted by Crippen LogP contribution is -2.45. The van der Waals surface area contributed by atoms with Crippen molar-refractivity contribution in [2.45, 2.75) is 44.7 Å². The molecular formula is C18H21ClFN3O. The van der Waals surface area contributed by atoms with Gasteiger partial charge in [-0.2, -0.15) is 5.10 Å². The SMILES string of the molecule is O=C(Cc1ccc(F)cc1Cl)N1CCCC[C@H]1CCn1cccn1. The first-order valence-corrected chi connectivity index (χ1v) is 8.72. The van der Waals surface area contributed by atoms with Crippen LogP contribution in [0.1, 0.15) is 31.2 Å². The van der Waals surface area contributed by atoms with Crippen molar-refractivity contribution < 1.29 is 9.18 Å². The Balaban J connectivity index is 1.64. The van der Waals surface area contributed by atoms with Crippen molar-refractivity contribution in [1.29, 1.82) is 0 Å². The van der Waals surface area contributed by atoms with E-state index in [1.54, 1.807) is 12.3 Å². The summed E-state index contributed by atoms with van der Waals surface area (Å²) in [4.78, 5) is 14.7. The third-order valence-corrected chi connectivity index (χ3v) is 4.91. The van der Waals surface area contributed by atoms with Gasteiger partial charge in [0.05, 0.1) is 6.42 Å². The van der Waals surface area contributed by atoms with Gasteiger partial charge in [-0.1, -0.05) is 17.7 Å². The molecule has 1 saturated heterocycles. The Kier molecular flexibility index (Phi) is 5.51. The second-order valence-corrected chi connectivity index (χ2v) is 6.61. The number of piperidine rings is 1. The smallest absolute Gasteiger partial charge is 0.227 e. The fourth-order valence-corrected chi connectivity index (χ4v) is 3.51. The zero-order chi connectivity index (χ0) is 16.9. The monoisotopic (exact) mass is 349 g/mol. The summed E-state index contributed by atoms with van der Waals surface area (Å²) in [6.45, 7) is 1.58. The molecule has 3 rings (SSSR count). The van der Waals surface area contributed by atoms with Gasteiger partial charge in [-0.15, -0.1) is 0 Å². The van der Waals surface area contributed by atoms with Gasteiger partial charge in [0.2, 0.25) is 5.91 Å². The number of hydrogen-bond acceptors (Lipinski definition) is 2. The van der Waals surface area contributed by atoms with E-state index in [4.69, 9.17) is 11.6 Å². The molecule has 24 heavy (non-hydrogen) atoms. The van der Waals surface area contributed by atoms with Gasteiger partial charge in [-0.3, -0.25) is 9.48 Å². The molecule has 1 aromatic carbocycles. The number of aryl methyl sites for hydroxylation is 1. The maximum absolute atomic E-state index is 13.1. The van der Waals surface area contributed by atoms with E-state index >= 15 is 0 Å². The van der Waals surface area contributed by atoms with Crippen molar-refractivity contribution in [3.8, 4) is 0 Å². The maximum Gasteiger partial charge on any atom is 0.227 e. The fraction of sp³-hybridized carbons (Fsp3) is 0.444. The molecule has 2 aromatic rings. The van der Waals surface area contributed by atoms with Gasteiger partial charge in [0.1, 0.15) is 5.82 Å². The molecule has 6 heteroatoms. The average molecular weight is 350 g/mol. The molecule has 0 aliphatic carbocycles. The van der Waals surface area contributed by atoms with Crippen LogP contribution < -0.4 is 0 Å². The normalized spacial score (nSPS) is 17.9. The third-order valence-electron chi connectivity index (χ3n) is 4.55. The van der Waals surface area contributed by atoms with E-state index in [9.17, 15) is 9.18 Å². The molecule has 2 heterocycles. The molecule has 1 aromatic heterocycles. The minimum absolute atomic E-state index is 0.0636. The molecule has 1 atom stereocenters. The quantitative estimate of drug-likeness (QED) is 0.825. The van der Waals surface area contributed by atoms with Gasteiger partial charge in [0.25, 0.3) is 0 Å².